The van der Waals surface area contributed by atoms with Crippen LogP contribution in [0.3, 0.4) is 0 Å². The number of amides is 1. The van der Waals surface area contributed by atoms with Crippen LogP contribution in [0.1, 0.15) is 36.0 Å². The average molecular weight is 343 g/mol. The van der Waals surface area contributed by atoms with Crippen LogP contribution < -0.4 is 4.90 Å². The molecule has 0 aliphatic carbocycles. The first kappa shape index (κ1) is 16.9. The van der Waals surface area contributed by atoms with E-state index in [0.717, 1.165) is 63.5 Å². The molecule has 25 heavy (non-hydrogen) atoms. The van der Waals surface area contributed by atoms with E-state index in [0.29, 0.717) is 12.1 Å². The fraction of sp³-hybridized carbons (Fsp3) is 0.650. The van der Waals surface area contributed by atoms with E-state index in [1.807, 2.05) is 18.2 Å². The fourth-order valence-electron chi connectivity index (χ4n) is 4.76. The van der Waals surface area contributed by atoms with Crippen LogP contribution in [-0.2, 0) is 4.74 Å². The van der Waals surface area contributed by atoms with Gasteiger partial charge in [-0.3, -0.25) is 4.79 Å². The summed E-state index contributed by atoms with van der Waals surface area (Å²) in [5.74, 6) is 0.213. The van der Waals surface area contributed by atoms with E-state index in [1.54, 1.807) is 0 Å². The van der Waals surface area contributed by atoms with Crippen molar-refractivity contribution in [2.75, 3.05) is 51.3 Å². The largest absolute Gasteiger partial charge is 0.378 e. The van der Waals surface area contributed by atoms with Gasteiger partial charge in [0.2, 0.25) is 0 Å². The Labute approximate surface area is 150 Å². The summed E-state index contributed by atoms with van der Waals surface area (Å²) in [6.07, 6.45) is 4.74. The average Bonchev–Trinajstić information content (AvgIpc) is 3.30. The lowest BCUT2D eigenvalue weighted by Gasteiger charge is -2.35. The molecule has 0 bridgehead atoms. The Bertz CT molecular complexity index is 615. The van der Waals surface area contributed by atoms with Crippen molar-refractivity contribution in [3.63, 3.8) is 0 Å². The molecule has 0 radical (unpaired) electrons. The molecule has 0 N–H and O–H groups in total. The normalized spacial score (nSPS) is 27.9. The first-order valence-corrected chi connectivity index (χ1v) is 9.68. The molecule has 5 nitrogen and oxygen atoms in total. The number of benzene rings is 1. The first-order valence-electron chi connectivity index (χ1n) is 9.68. The van der Waals surface area contributed by atoms with E-state index in [9.17, 15) is 4.79 Å². The van der Waals surface area contributed by atoms with Crippen LogP contribution in [-0.4, -0.2) is 74.2 Å². The van der Waals surface area contributed by atoms with Crippen molar-refractivity contribution in [2.45, 2.75) is 37.8 Å². The highest BCUT2D eigenvalue weighted by Crippen LogP contribution is 2.32. The number of hydrogen-bond acceptors (Lipinski definition) is 4. The molecule has 2 atom stereocenters. The number of likely N-dealkylation sites (N-methyl/N-ethyl adjacent to an activating group) is 1. The van der Waals surface area contributed by atoms with Gasteiger partial charge in [-0.15, -0.1) is 0 Å². The van der Waals surface area contributed by atoms with Gasteiger partial charge in [0.15, 0.2) is 0 Å². The zero-order valence-electron chi connectivity index (χ0n) is 15.2. The molecule has 3 fully saturated rings. The van der Waals surface area contributed by atoms with Gasteiger partial charge in [-0.2, -0.15) is 0 Å². The Kier molecular flexibility index (Phi) is 4.95. The number of morpholine rings is 1. The molecule has 1 aromatic rings. The number of ether oxygens (including phenoxy) is 1. The Morgan fingerprint density at radius 3 is 2.48 bits per heavy atom. The minimum Gasteiger partial charge on any atom is -0.378 e. The molecule has 3 aliphatic rings. The number of hydrogen-bond donors (Lipinski definition) is 0. The molecule has 3 aliphatic heterocycles. The summed E-state index contributed by atoms with van der Waals surface area (Å²) in [6, 6.07) is 9.02. The SMILES string of the molecule is CN1CCC[C@@H]1[C@H]1CCCN1C(=O)c1ccccc1N1CCOCC1. The highest BCUT2D eigenvalue weighted by molar-refractivity contribution is 6.00. The molecule has 1 aromatic carbocycles. The van der Waals surface area contributed by atoms with Crippen LogP contribution in [0.4, 0.5) is 5.69 Å². The van der Waals surface area contributed by atoms with Crippen molar-refractivity contribution in [1.82, 2.24) is 9.80 Å². The first-order chi connectivity index (χ1) is 12.3. The van der Waals surface area contributed by atoms with Crippen LogP contribution in [0.2, 0.25) is 0 Å². The number of nitrogens with zero attached hydrogens (tertiary/aromatic N) is 3. The summed E-state index contributed by atoms with van der Waals surface area (Å²) < 4.78 is 5.48. The third-order valence-corrected chi connectivity index (χ3v) is 6.07. The topological polar surface area (TPSA) is 36.0 Å². The second kappa shape index (κ2) is 7.34. The molecular weight excluding hydrogens is 314 g/mol. The summed E-state index contributed by atoms with van der Waals surface area (Å²) in [5, 5.41) is 0. The lowest BCUT2D eigenvalue weighted by atomic mass is 10.0. The van der Waals surface area contributed by atoms with Crippen molar-refractivity contribution >= 4 is 11.6 Å². The van der Waals surface area contributed by atoms with Crippen LogP contribution in [0, 0.1) is 0 Å². The molecule has 5 heteroatoms. The smallest absolute Gasteiger partial charge is 0.256 e. The van der Waals surface area contributed by atoms with Gasteiger partial charge >= 0.3 is 0 Å². The van der Waals surface area contributed by atoms with E-state index in [-0.39, 0.29) is 5.91 Å². The number of anilines is 1. The summed E-state index contributed by atoms with van der Waals surface area (Å²) in [7, 11) is 2.21. The van der Waals surface area contributed by atoms with Crippen LogP contribution in [0.15, 0.2) is 24.3 Å². The van der Waals surface area contributed by atoms with Crippen molar-refractivity contribution in [2.24, 2.45) is 0 Å². The zero-order chi connectivity index (χ0) is 17.2. The number of carbonyl (C=O) groups excluding carboxylic acids is 1. The monoisotopic (exact) mass is 343 g/mol. The van der Waals surface area contributed by atoms with Crippen LogP contribution in [0.25, 0.3) is 0 Å². The van der Waals surface area contributed by atoms with Gasteiger partial charge in [-0.1, -0.05) is 12.1 Å². The third kappa shape index (κ3) is 3.27. The van der Waals surface area contributed by atoms with E-state index < -0.39 is 0 Å². The van der Waals surface area contributed by atoms with Gasteiger partial charge in [-0.05, 0) is 51.4 Å². The molecular formula is C20H29N3O2. The standard InChI is InChI=1S/C20H29N3O2/c1-21-10-4-8-18(21)19-9-5-11-23(19)20(24)16-6-2-3-7-17(16)22-12-14-25-15-13-22/h2-3,6-7,18-19H,4-5,8-15H2,1H3/t18-,19-/m1/s1. The maximum absolute atomic E-state index is 13.4. The molecule has 136 valence electrons. The molecule has 0 unspecified atom stereocenters. The fourth-order valence-corrected chi connectivity index (χ4v) is 4.76. The zero-order valence-corrected chi connectivity index (χ0v) is 15.2. The lowest BCUT2D eigenvalue weighted by Crippen LogP contribution is -2.47. The number of carbonyl (C=O) groups is 1. The minimum absolute atomic E-state index is 0.213. The Hall–Kier alpha value is -1.59. The van der Waals surface area contributed by atoms with Crippen molar-refractivity contribution in [3.8, 4) is 0 Å². The molecule has 3 heterocycles. The van der Waals surface area contributed by atoms with Crippen molar-refractivity contribution < 1.29 is 9.53 Å². The van der Waals surface area contributed by atoms with E-state index >= 15 is 0 Å². The Morgan fingerprint density at radius 1 is 1.00 bits per heavy atom. The molecule has 0 saturated carbocycles. The number of rotatable bonds is 3. The quantitative estimate of drug-likeness (QED) is 0.843. The van der Waals surface area contributed by atoms with Crippen molar-refractivity contribution in [3.05, 3.63) is 29.8 Å². The van der Waals surface area contributed by atoms with Crippen molar-refractivity contribution in [1.29, 1.82) is 0 Å². The summed E-state index contributed by atoms with van der Waals surface area (Å²) >= 11 is 0. The second-order valence-corrected chi connectivity index (χ2v) is 7.51. The summed E-state index contributed by atoms with van der Waals surface area (Å²) in [5.41, 5.74) is 1.93. The third-order valence-electron chi connectivity index (χ3n) is 6.07. The van der Waals surface area contributed by atoms with Crippen LogP contribution in [0.5, 0.6) is 0 Å². The number of likely N-dealkylation sites (tertiary alicyclic amines) is 2. The molecule has 3 saturated heterocycles. The van der Waals surface area contributed by atoms with Gasteiger partial charge in [0, 0.05) is 37.4 Å². The lowest BCUT2D eigenvalue weighted by molar-refractivity contribution is 0.0664. The summed E-state index contributed by atoms with van der Waals surface area (Å²) in [6.45, 7) is 5.25. The van der Waals surface area contributed by atoms with E-state index in [4.69, 9.17) is 4.74 Å². The van der Waals surface area contributed by atoms with E-state index in [2.05, 4.69) is 27.8 Å². The minimum atomic E-state index is 0.213. The van der Waals surface area contributed by atoms with Gasteiger partial charge < -0.3 is 19.4 Å². The van der Waals surface area contributed by atoms with Gasteiger partial charge in [0.25, 0.3) is 5.91 Å². The molecule has 0 aromatic heterocycles. The highest BCUT2D eigenvalue weighted by Gasteiger charge is 2.39. The van der Waals surface area contributed by atoms with E-state index in [1.165, 1.54) is 12.8 Å². The predicted molar refractivity (Wildman–Crippen MR) is 99.2 cm³/mol. The summed E-state index contributed by atoms with van der Waals surface area (Å²) in [4.78, 5) is 20.3. The maximum atomic E-state index is 13.4. The molecule has 4 rings (SSSR count). The molecule has 1 amide bonds. The van der Waals surface area contributed by atoms with Gasteiger partial charge in [0.1, 0.15) is 0 Å². The maximum Gasteiger partial charge on any atom is 0.256 e. The Morgan fingerprint density at radius 2 is 1.72 bits per heavy atom. The highest BCUT2D eigenvalue weighted by atomic mass is 16.5. The Balaban J connectivity index is 1.58. The van der Waals surface area contributed by atoms with Gasteiger partial charge in [0.05, 0.1) is 18.8 Å². The predicted octanol–water partition coefficient (Wildman–Crippen LogP) is 2.22. The number of para-hydroxylation sites is 1. The molecule has 0 spiro atoms. The van der Waals surface area contributed by atoms with Gasteiger partial charge in [-0.25, -0.2) is 0 Å². The second-order valence-electron chi connectivity index (χ2n) is 7.51. The van der Waals surface area contributed by atoms with Crippen LogP contribution >= 0.6 is 0 Å².